The average molecular weight is 331 g/mol. The molecule has 0 saturated carbocycles. The van der Waals surface area contributed by atoms with E-state index in [1.165, 1.54) is 6.33 Å². The number of hydrogen-bond donors (Lipinski definition) is 2. The predicted octanol–water partition coefficient (Wildman–Crippen LogP) is 2.78. The molecular formula is C19H17N5O. The Morgan fingerprint density at radius 3 is 2.32 bits per heavy atom. The number of hydrogen-bond acceptors (Lipinski definition) is 4. The molecular weight excluding hydrogens is 314 g/mol. The van der Waals surface area contributed by atoms with Gasteiger partial charge in [0.15, 0.2) is 11.5 Å². The largest absolute Gasteiger partial charge is 0.364 e. The fourth-order valence-electron chi connectivity index (χ4n) is 2.80. The van der Waals surface area contributed by atoms with Crippen molar-refractivity contribution in [3.8, 4) is 0 Å². The molecule has 4 aromatic rings. The van der Waals surface area contributed by atoms with Crippen molar-refractivity contribution in [3.63, 3.8) is 0 Å². The maximum absolute atomic E-state index is 12.4. The molecule has 0 amide bonds. The van der Waals surface area contributed by atoms with E-state index in [0.717, 1.165) is 11.1 Å². The molecule has 2 N–H and O–H groups in total. The molecule has 0 spiro atoms. The number of imidazole rings is 1. The number of benzene rings is 2. The van der Waals surface area contributed by atoms with Crippen LogP contribution in [0.2, 0.25) is 0 Å². The van der Waals surface area contributed by atoms with Gasteiger partial charge in [-0.3, -0.25) is 4.57 Å². The van der Waals surface area contributed by atoms with E-state index in [1.807, 2.05) is 60.7 Å². The third-order valence-electron chi connectivity index (χ3n) is 4.05. The Hall–Kier alpha value is -3.41. The van der Waals surface area contributed by atoms with Crippen LogP contribution in [0.1, 0.15) is 11.1 Å². The second-order valence-electron chi connectivity index (χ2n) is 5.76. The van der Waals surface area contributed by atoms with Crippen molar-refractivity contribution in [3.05, 3.63) is 88.6 Å². The molecule has 0 aliphatic heterocycles. The number of rotatable bonds is 5. The zero-order valence-corrected chi connectivity index (χ0v) is 13.5. The van der Waals surface area contributed by atoms with E-state index < -0.39 is 0 Å². The van der Waals surface area contributed by atoms with Gasteiger partial charge in [0.05, 0.1) is 6.54 Å². The van der Waals surface area contributed by atoms with Crippen LogP contribution in [0.25, 0.3) is 11.2 Å². The molecule has 2 heterocycles. The van der Waals surface area contributed by atoms with E-state index >= 15 is 0 Å². The zero-order chi connectivity index (χ0) is 17.1. The first kappa shape index (κ1) is 15.1. The Labute approximate surface area is 144 Å². The fraction of sp³-hybridized carbons (Fsp3) is 0.105. The van der Waals surface area contributed by atoms with Crippen LogP contribution in [0, 0.1) is 0 Å². The summed E-state index contributed by atoms with van der Waals surface area (Å²) >= 11 is 0. The minimum atomic E-state index is -0.192. The van der Waals surface area contributed by atoms with Gasteiger partial charge in [0.2, 0.25) is 0 Å². The Morgan fingerprint density at radius 1 is 0.920 bits per heavy atom. The third kappa shape index (κ3) is 3.14. The first-order valence-electron chi connectivity index (χ1n) is 8.06. The highest BCUT2D eigenvalue weighted by atomic mass is 16.1. The van der Waals surface area contributed by atoms with E-state index in [4.69, 9.17) is 0 Å². The summed E-state index contributed by atoms with van der Waals surface area (Å²) in [6.07, 6.45) is 1.48. The first-order chi connectivity index (χ1) is 12.3. The third-order valence-corrected chi connectivity index (χ3v) is 4.05. The summed E-state index contributed by atoms with van der Waals surface area (Å²) in [4.78, 5) is 23.8. The van der Waals surface area contributed by atoms with E-state index in [-0.39, 0.29) is 5.69 Å². The minimum absolute atomic E-state index is 0.192. The van der Waals surface area contributed by atoms with Gasteiger partial charge in [-0.15, -0.1) is 0 Å². The SMILES string of the molecule is O=c1[nH]c2c(NCc3ccccc3)ncnc2n1Cc1ccccc1. The lowest BCUT2D eigenvalue weighted by Crippen LogP contribution is -2.17. The molecule has 4 rings (SSSR count). The predicted molar refractivity (Wildman–Crippen MR) is 97.5 cm³/mol. The smallest absolute Gasteiger partial charge is 0.328 e. The monoisotopic (exact) mass is 331 g/mol. The number of H-pyrrole nitrogens is 1. The number of nitrogens with one attached hydrogen (secondary N) is 2. The van der Waals surface area contributed by atoms with Crippen LogP contribution in [0.4, 0.5) is 5.82 Å². The van der Waals surface area contributed by atoms with Gasteiger partial charge in [-0.05, 0) is 11.1 Å². The topological polar surface area (TPSA) is 75.6 Å². The zero-order valence-electron chi connectivity index (χ0n) is 13.5. The fourth-order valence-corrected chi connectivity index (χ4v) is 2.80. The maximum atomic E-state index is 12.4. The average Bonchev–Trinajstić information content (AvgIpc) is 2.98. The van der Waals surface area contributed by atoms with Crippen LogP contribution in [-0.4, -0.2) is 19.5 Å². The van der Waals surface area contributed by atoms with Crippen LogP contribution < -0.4 is 11.0 Å². The van der Waals surface area contributed by atoms with Gasteiger partial charge in [-0.25, -0.2) is 14.8 Å². The number of nitrogens with zero attached hydrogens (tertiary/aromatic N) is 3. The van der Waals surface area contributed by atoms with Gasteiger partial charge in [0.25, 0.3) is 0 Å². The van der Waals surface area contributed by atoms with Crippen LogP contribution in [0.15, 0.2) is 71.8 Å². The highest BCUT2D eigenvalue weighted by molar-refractivity contribution is 5.82. The second-order valence-corrected chi connectivity index (χ2v) is 5.76. The van der Waals surface area contributed by atoms with Gasteiger partial charge < -0.3 is 10.3 Å². The summed E-state index contributed by atoms with van der Waals surface area (Å²) in [6.45, 7) is 1.09. The van der Waals surface area contributed by atoms with E-state index in [9.17, 15) is 4.79 Å². The van der Waals surface area contributed by atoms with E-state index in [1.54, 1.807) is 4.57 Å². The van der Waals surface area contributed by atoms with Gasteiger partial charge in [-0.1, -0.05) is 60.7 Å². The summed E-state index contributed by atoms with van der Waals surface area (Å²) in [5, 5.41) is 3.27. The number of aromatic nitrogens is 4. The van der Waals surface area contributed by atoms with E-state index in [0.29, 0.717) is 30.1 Å². The quantitative estimate of drug-likeness (QED) is 0.590. The maximum Gasteiger partial charge on any atom is 0.328 e. The normalized spacial score (nSPS) is 10.9. The molecule has 124 valence electrons. The second kappa shape index (κ2) is 6.60. The Balaban J connectivity index is 1.66. The number of anilines is 1. The summed E-state index contributed by atoms with van der Waals surface area (Å²) < 4.78 is 1.63. The molecule has 25 heavy (non-hydrogen) atoms. The van der Waals surface area contributed by atoms with Crippen molar-refractivity contribution in [2.45, 2.75) is 13.1 Å². The van der Waals surface area contributed by atoms with Crippen molar-refractivity contribution >= 4 is 17.0 Å². The lowest BCUT2D eigenvalue weighted by molar-refractivity contribution is 0.777. The van der Waals surface area contributed by atoms with Gasteiger partial charge >= 0.3 is 5.69 Å². The summed E-state index contributed by atoms with van der Waals surface area (Å²) in [5.41, 5.74) is 3.21. The Bertz CT molecular complexity index is 1040. The molecule has 0 aliphatic rings. The first-order valence-corrected chi connectivity index (χ1v) is 8.06. The number of aromatic amines is 1. The highest BCUT2D eigenvalue weighted by Crippen LogP contribution is 2.17. The molecule has 0 fully saturated rings. The summed E-state index contributed by atoms with van der Waals surface area (Å²) in [6, 6.07) is 19.9. The van der Waals surface area contributed by atoms with Crippen LogP contribution >= 0.6 is 0 Å². The molecule has 2 aromatic heterocycles. The van der Waals surface area contributed by atoms with Crippen molar-refractivity contribution in [1.82, 2.24) is 19.5 Å². The van der Waals surface area contributed by atoms with Gasteiger partial charge in [0, 0.05) is 6.54 Å². The molecule has 0 radical (unpaired) electrons. The van der Waals surface area contributed by atoms with Crippen molar-refractivity contribution < 1.29 is 0 Å². The van der Waals surface area contributed by atoms with Crippen molar-refractivity contribution in [2.75, 3.05) is 5.32 Å². The Morgan fingerprint density at radius 2 is 1.60 bits per heavy atom. The molecule has 0 aliphatic carbocycles. The Kier molecular flexibility index (Phi) is 4.00. The lowest BCUT2D eigenvalue weighted by atomic mass is 10.2. The molecule has 0 bridgehead atoms. The molecule has 6 heteroatoms. The van der Waals surface area contributed by atoms with E-state index in [2.05, 4.69) is 20.3 Å². The standard InChI is InChI=1S/C19H17N5O/c25-19-23-16-17(20-11-14-7-3-1-4-8-14)21-13-22-18(16)24(19)12-15-9-5-2-6-10-15/h1-10,13H,11-12H2,(H,23,25)(H,20,21,22). The molecule has 6 nitrogen and oxygen atoms in total. The van der Waals surface area contributed by atoms with Crippen molar-refractivity contribution in [1.29, 1.82) is 0 Å². The summed E-state index contributed by atoms with van der Waals surface area (Å²) in [5.74, 6) is 0.623. The van der Waals surface area contributed by atoms with Crippen LogP contribution in [0.3, 0.4) is 0 Å². The minimum Gasteiger partial charge on any atom is -0.364 e. The van der Waals surface area contributed by atoms with Gasteiger partial charge in [0.1, 0.15) is 11.8 Å². The van der Waals surface area contributed by atoms with Crippen LogP contribution in [-0.2, 0) is 13.1 Å². The van der Waals surface area contributed by atoms with Crippen LogP contribution in [0.5, 0.6) is 0 Å². The molecule has 0 atom stereocenters. The molecule has 0 unspecified atom stereocenters. The number of fused-ring (bicyclic) bond motifs is 1. The highest BCUT2D eigenvalue weighted by Gasteiger charge is 2.12. The van der Waals surface area contributed by atoms with Crippen molar-refractivity contribution in [2.24, 2.45) is 0 Å². The molecule has 0 saturated heterocycles. The van der Waals surface area contributed by atoms with Gasteiger partial charge in [-0.2, -0.15) is 0 Å². The molecule has 2 aromatic carbocycles. The summed E-state index contributed by atoms with van der Waals surface area (Å²) in [7, 11) is 0. The lowest BCUT2D eigenvalue weighted by Gasteiger charge is -2.07.